The van der Waals surface area contributed by atoms with E-state index in [1.54, 1.807) is 42.4 Å². The number of aryl methyl sites for hydroxylation is 1. The summed E-state index contributed by atoms with van der Waals surface area (Å²) in [4.78, 5) is 18.3. The molecule has 2 aromatic rings. The molecule has 2 heterocycles. The van der Waals surface area contributed by atoms with Gasteiger partial charge in [-0.1, -0.05) is 6.07 Å². The molecule has 3 rings (SSSR count). The third-order valence-electron chi connectivity index (χ3n) is 4.05. The van der Waals surface area contributed by atoms with Gasteiger partial charge in [-0.05, 0) is 36.8 Å². The molecule has 2 N–H and O–H groups in total. The maximum atomic E-state index is 14.0. The van der Waals surface area contributed by atoms with Crippen LogP contribution in [0.1, 0.15) is 5.56 Å². The zero-order valence-corrected chi connectivity index (χ0v) is 14.0. The molecule has 0 spiro atoms. The highest BCUT2D eigenvalue weighted by molar-refractivity contribution is 5.89. The Labute approximate surface area is 146 Å². The van der Waals surface area contributed by atoms with Crippen molar-refractivity contribution in [1.29, 1.82) is 0 Å². The van der Waals surface area contributed by atoms with E-state index in [4.69, 9.17) is 4.74 Å². The summed E-state index contributed by atoms with van der Waals surface area (Å²) in [6.45, 7) is 3.97. The molecule has 2 amide bonds. The molecule has 0 aliphatic carbocycles. The molecule has 0 radical (unpaired) electrons. The largest absolute Gasteiger partial charge is 0.490 e. The molecule has 6 nitrogen and oxygen atoms in total. The number of aromatic nitrogens is 1. The van der Waals surface area contributed by atoms with Gasteiger partial charge in [0.25, 0.3) is 0 Å². The summed E-state index contributed by atoms with van der Waals surface area (Å²) in [6.07, 6.45) is 3.30. The van der Waals surface area contributed by atoms with Gasteiger partial charge >= 0.3 is 6.03 Å². The first kappa shape index (κ1) is 17.2. The molecule has 1 unspecified atom stereocenters. The van der Waals surface area contributed by atoms with Gasteiger partial charge < -0.3 is 20.3 Å². The predicted octanol–water partition coefficient (Wildman–Crippen LogP) is 2.41. The van der Waals surface area contributed by atoms with Crippen molar-refractivity contribution in [3.8, 4) is 5.75 Å². The maximum Gasteiger partial charge on any atom is 0.322 e. The molecule has 1 saturated heterocycles. The smallest absolute Gasteiger partial charge is 0.322 e. The van der Waals surface area contributed by atoms with Crippen LogP contribution >= 0.6 is 0 Å². The molecule has 1 fully saturated rings. The molecule has 1 atom stereocenters. The number of anilines is 1. The number of benzene rings is 1. The molecule has 0 bridgehead atoms. The molecule has 132 valence electrons. The molecular formula is C18H21FN4O2. The van der Waals surface area contributed by atoms with Gasteiger partial charge in [0.15, 0.2) is 0 Å². The van der Waals surface area contributed by atoms with E-state index in [2.05, 4.69) is 15.6 Å². The summed E-state index contributed by atoms with van der Waals surface area (Å²) >= 11 is 0. The zero-order chi connectivity index (χ0) is 17.6. The van der Waals surface area contributed by atoms with E-state index in [1.165, 1.54) is 6.07 Å². The van der Waals surface area contributed by atoms with Crippen LogP contribution in [-0.2, 0) is 0 Å². The third kappa shape index (κ3) is 4.45. The molecule has 0 saturated carbocycles. The van der Waals surface area contributed by atoms with Gasteiger partial charge in [-0.15, -0.1) is 0 Å². The van der Waals surface area contributed by atoms with Crippen molar-refractivity contribution in [2.24, 2.45) is 0 Å². The Hall–Kier alpha value is -2.67. The van der Waals surface area contributed by atoms with E-state index >= 15 is 0 Å². The molecule has 1 aliphatic heterocycles. The van der Waals surface area contributed by atoms with Gasteiger partial charge in [-0.3, -0.25) is 4.98 Å². The SMILES string of the molecule is Cc1ccc(NC(=O)N2CCNCC2COc2cccnc2)c(F)c1. The first-order valence-electron chi connectivity index (χ1n) is 8.21. The Morgan fingerprint density at radius 2 is 2.36 bits per heavy atom. The number of carbonyl (C=O) groups excluding carboxylic acids is 1. The van der Waals surface area contributed by atoms with E-state index in [-0.39, 0.29) is 17.8 Å². The highest BCUT2D eigenvalue weighted by Gasteiger charge is 2.27. The first-order valence-corrected chi connectivity index (χ1v) is 8.21. The number of urea groups is 1. The Morgan fingerprint density at radius 3 is 3.12 bits per heavy atom. The fourth-order valence-electron chi connectivity index (χ4n) is 2.71. The molecule has 25 heavy (non-hydrogen) atoms. The molecule has 7 heteroatoms. The van der Waals surface area contributed by atoms with E-state index in [0.717, 1.165) is 5.56 Å². The van der Waals surface area contributed by atoms with Crippen LogP contribution in [0.4, 0.5) is 14.9 Å². The molecule has 1 aromatic carbocycles. The van der Waals surface area contributed by atoms with Crippen molar-refractivity contribution in [3.05, 3.63) is 54.1 Å². The highest BCUT2D eigenvalue weighted by atomic mass is 19.1. The Morgan fingerprint density at radius 1 is 1.48 bits per heavy atom. The molecule has 1 aromatic heterocycles. The van der Waals surface area contributed by atoms with E-state index in [1.807, 2.05) is 6.07 Å². The average Bonchev–Trinajstić information content (AvgIpc) is 2.63. The number of halogens is 1. The van der Waals surface area contributed by atoms with Gasteiger partial charge in [0.1, 0.15) is 18.2 Å². The molecular weight excluding hydrogens is 323 g/mol. The highest BCUT2D eigenvalue weighted by Crippen LogP contribution is 2.17. The van der Waals surface area contributed by atoms with Gasteiger partial charge in [0.05, 0.1) is 17.9 Å². The fraction of sp³-hybridized carbons (Fsp3) is 0.333. The third-order valence-corrected chi connectivity index (χ3v) is 4.05. The maximum absolute atomic E-state index is 14.0. The minimum Gasteiger partial charge on any atom is -0.490 e. The first-order chi connectivity index (χ1) is 12.1. The lowest BCUT2D eigenvalue weighted by molar-refractivity contribution is 0.132. The van der Waals surface area contributed by atoms with Crippen molar-refractivity contribution in [2.75, 3.05) is 31.6 Å². The van der Waals surface area contributed by atoms with Crippen LogP contribution in [0.2, 0.25) is 0 Å². The van der Waals surface area contributed by atoms with Crippen molar-refractivity contribution >= 4 is 11.7 Å². The number of piperazine rings is 1. The normalized spacial score (nSPS) is 17.2. The van der Waals surface area contributed by atoms with Crippen LogP contribution in [0.3, 0.4) is 0 Å². The number of hydrogen-bond acceptors (Lipinski definition) is 4. The molecule has 1 aliphatic rings. The van der Waals surface area contributed by atoms with E-state index in [9.17, 15) is 9.18 Å². The summed E-state index contributed by atoms with van der Waals surface area (Å²) in [5.41, 5.74) is 0.987. The number of ether oxygens (including phenoxy) is 1. The topological polar surface area (TPSA) is 66.5 Å². The lowest BCUT2D eigenvalue weighted by Crippen LogP contribution is -2.57. The summed E-state index contributed by atoms with van der Waals surface area (Å²) in [6, 6.07) is 7.86. The summed E-state index contributed by atoms with van der Waals surface area (Å²) in [7, 11) is 0. The Bertz CT molecular complexity index is 726. The van der Waals surface area contributed by atoms with Crippen LogP contribution in [0.5, 0.6) is 5.75 Å². The number of carbonyl (C=O) groups is 1. The number of hydrogen-bond donors (Lipinski definition) is 2. The van der Waals surface area contributed by atoms with Crippen LogP contribution < -0.4 is 15.4 Å². The lowest BCUT2D eigenvalue weighted by Gasteiger charge is -2.35. The van der Waals surface area contributed by atoms with Crippen molar-refractivity contribution < 1.29 is 13.9 Å². The number of rotatable bonds is 4. The van der Waals surface area contributed by atoms with E-state index in [0.29, 0.717) is 32.0 Å². The van der Waals surface area contributed by atoms with Crippen LogP contribution in [0, 0.1) is 12.7 Å². The van der Waals surface area contributed by atoms with E-state index < -0.39 is 5.82 Å². The van der Waals surface area contributed by atoms with Crippen LogP contribution in [0.15, 0.2) is 42.7 Å². The van der Waals surface area contributed by atoms with Gasteiger partial charge in [0, 0.05) is 25.8 Å². The minimum atomic E-state index is -0.438. The van der Waals surface area contributed by atoms with Crippen molar-refractivity contribution in [2.45, 2.75) is 13.0 Å². The second-order valence-corrected chi connectivity index (χ2v) is 5.96. The second-order valence-electron chi connectivity index (χ2n) is 5.96. The quantitative estimate of drug-likeness (QED) is 0.894. The number of nitrogens with zero attached hydrogens (tertiary/aromatic N) is 2. The van der Waals surface area contributed by atoms with Crippen molar-refractivity contribution in [1.82, 2.24) is 15.2 Å². The summed E-state index contributed by atoms with van der Waals surface area (Å²) < 4.78 is 19.7. The minimum absolute atomic E-state index is 0.150. The number of amides is 2. The number of pyridine rings is 1. The van der Waals surface area contributed by atoms with Crippen LogP contribution in [-0.4, -0.2) is 48.2 Å². The summed E-state index contributed by atoms with van der Waals surface area (Å²) in [5, 5.41) is 5.90. The monoisotopic (exact) mass is 344 g/mol. The second kappa shape index (κ2) is 7.94. The van der Waals surface area contributed by atoms with Crippen molar-refractivity contribution in [3.63, 3.8) is 0 Å². The number of nitrogens with one attached hydrogen (secondary N) is 2. The average molecular weight is 344 g/mol. The lowest BCUT2D eigenvalue weighted by atomic mass is 10.2. The summed E-state index contributed by atoms with van der Waals surface area (Å²) in [5.74, 6) is 0.213. The Balaban J connectivity index is 1.64. The zero-order valence-electron chi connectivity index (χ0n) is 14.0. The van der Waals surface area contributed by atoms with Gasteiger partial charge in [-0.2, -0.15) is 0 Å². The van der Waals surface area contributed by atoms with Crippen LogP contribution in [0.25, 0.3) is 0 Å². The Kier molecular flexibility index (Phi) is 5.45. The van der Waals surface area contributed by atoms with Gasteiger partial charge in [0.2, 0.25) is 0 Å². The predicted molar refractivity (Wildman–Crippen MR) is 93.3 cm³/mol. The standard InChI is InChI=1S/C18H21FN4O2/c1-13-4-5-17(16(19)9-13)22-18(24)23-8-7-21-10-14(23)12-25-15-3-2-6-20-11-15/h2-6,9,11,14,21H,7-8,10,12H2,1H3,(H,22,24). The fourth-order valence-corrected chi connectivity index (χ4v) is 2.71. The van der Waals surface area contributed by atoms with Gasteiger partial charge in [-0.25, -0.2) is 9.18 Å².